The molecule has 4 heterocycles. The summed E-state index contributed by atoms with van der Waals surface area (Å²) in [7, 11) is 1.53. The second kappa shape index (κ2) is 12.6. The number of hydrogen-bond donors (Lipinski definition) is 3. The summed E-state index contributed by atoms with van der Waals surface area (Å²) in [5, 5.41) is 14.8. The van der Waals surface area contributed by atoms with Crippen LogP contribution in [0.5, 0.6) is 0 Å². The molecule has 0 radical (unpaired) electrons. The van der Waals surface area contributed by atoms with Crippen LogP contribution in [0.15, 0.2) is 61.2 Å². The van der Waals surface area contributed by atoms with Crippen LogP contribution >= 0.6 is 0 Å². The Morgan fingerprint density at radius 2 is 1.80 bits per heavy atom. The first-order valence-electron chi connectivity index (χ1n) is 14.2. The van der Waals surface area contributed by atoms with E-state index >= 15 is 0 Å². The molecule has 0 bridgehead atoms. The van der Waals surface area contributed by atoms with E-state index in [1.165, 1.54) is 36.7 Å². The first-order chi connectivity index (χ1) is 21.7. The maximum atomic E-state index is 14.6. The maximum Gasteiger partial charge on any atom is 0.336 e. The molecule has 14 nitrogen and oxygen atoms in total. The summed E-state index contributed by atoms with van der Waals surface area (Å²) in [6.07, 6.45) is -1.14. The number of likely N-dealkylation sites (N-methyl/N-ethyl adjacent to an activating group) is 1. The van der Waals surface area contributed by atoms with Gasteiger partial charge in [-0.25, -0.2) is 28.9 Å². The minimum absolute atomic E-state index is 0.0316. The van der Waals surface area contributed by atoms with Crippen LogP contribution in [-0.4, -0.2) is 85.9 Å². The number of carboxylic acids is 1. The predicted molar refractivity (Wildman–Crippen MR) is 156 cm³/mol. The highest BCUT2D eigenvalue weighted by Crippen LogP contribution is 2.45. The lowest BCUT2D eigenvalue weighted by Crippen LogP contribution is -2.41. The van der Waals surface area contributed by atoms with Gasteiger partial charge in [0.15, 0.2) is 29.5 Å². The van der Waals surface area contributed by atoms with Crippen LogP contribution in [0.2, 0.25) is 0 Å². The Hall–Kier alpha value is -4.99. The summed E-state index contributed by atoms with van der Waals surface area (Å²) in [6, 6.07) is 12.6. The molecule has 0 spiro atoms. The number of carbonyl (C=O) groups is 3. The minimum Gasteiger partial charge on any atom is -0.478 e. The Morgan fingerprint density at radius 1 is 1.02 bits per heavy atom. The molecule has 0 aliphatic carbocycles. The fraction of sp³-hybridized carbons (Fsp3) is 0.333. The van der Waals surface area contributed by atoms with Crippen molar-refractivity contribution in [3.8, 4) is 0 Å². The molecule has 15 heteroatoms. The summed E-state index contributed by atoms with van der Waals surface area (Å²) >= 11 is 0. The van der Waals surface area contributed by atoms with Gasteiger partial charge in [-0.2, -0.15) is 0 Å². The van der Waals surface area contributed by atoms with Gasteiger partial charge < -0.3 is 29.5 Å². The van der Waals surface area contributed by atoms with E-state index in [4.69, 9.17) is 14.2 Å². The van der Waals surface area contributed by atoms with Crippen molar-refractivity contribution < 1.29 is 38.1 Å². The van der Waals surface area contributed by atoms with Crippen LogP contribution < -0.4 is 10.6 Å². The highest BCUT2D eigenvalue weighted by molar-refractivity contribution is 5.95. The molecule has 6 rings (SSSR count). The highest BCUT2D eigenvalue weighted by atomic mass is 19.1. The summed E-state index contributed by atoms with van der Waals surface area (Å²) < 4.78 is 35.4. The molecule has 2 aromatic carbocycles. The zero-order valence-electron chi connectivity index (χ0n) is 24.3. The maximum absolute atomic E-state index is 14.6. The highest BCUT2D eigenvalue weighted by Gasteiger charge is 2.54. The topological polar surface area (TPSA) is 170 Å². The number of nitrogens with one attached hydrogen (secondary N) is 2. The van der Waals surface area contributed by atoms with E-state index in [1.807, 2.05) is 30.3 Å². The zero-order valence-corrected chi connectivity index (χ0v) is 24.3. The number of carboxylic acid groups (broad SMARTS) is 1. The van der Waals surface area contributed by atoms with Crippen molar-refractivity contribution in [2.24, 2.45) is 0 Å². The van der Waals surface area contributed by atoms with Gasteiger partial charge in [0.1, 0.15) is 30.5 Å². The average Bonchev–Trinajstić information content (AvgIpc) is 3.74. The minimum atomic E-state index is -1.33. The van der Waals surface area contributed by atoms with Crippen LogP contribution in [0.1, 0.15) is 40.9 Å². The summed E-state index contributed by atoms with van der Waals surface area (Å²) in [5.74, 6) is -2.40. The van der Waals surface area contributed by atoms with Crippen LogP contribution in [0.25, 0.3) is 11.2 Å². The van der Waals surface area contributed by atoms with Gasteiger partial charge in [-0.3, -0.25) is 14.7 Å². The molecule has 2 aliphatic rings. The van der Waals surface area contributed by atoms with Gasteiger partial charge in [-0.1, -0.05) is 36.4 Å². The number of anilines is 1. The van der Waals surface area contributed by atoms with Crippen molar-refractivity contribution in [2.75, 3.05) is 25.5 Å². The van der Waals surface area contributed by atoms with Crippen molar-refractivity contribution in [1.82, 2.24) is 29.7 Å². The molecule has 4 unspecified atom stereocenters. The van der Waals surface area contributed by atoms with Gasteiger partial charge in [0, 0.05) is 31.3 Å². The fourth-order valence-corrected chi connectivity index (χ4v) is 5.51. The van der Waals surface area contributed by atoms with E-state index < -0.39 is 61.0 Å². The number of nitrogens with zero attached hydrogens (tertiary/aromatic N) is 5. The smallest absolute Gasteiger partial charge is 0.336 e. The number of imidazole rings is 1. The fourth-order valence-electron chi connectivity index (χ4n) is 5.51. The van der Waals surface area contributed by atoms with Crippen molar-refractivity contribution in [2.45, 2.75) is 44.2 Å². The first kappa shape index (κ1) is 30.1. The van der Waals surface area contributed by atoms with Gasteiger partial charge in [0.2, 0.25) is 5.91 Å². The van der Waals surface area contributed by atoms with Gasteiger partial charge in [0.05, 0.1) is 18.3 Å². The number of aromatic carboxylic acids is 1. The van der Waals surface area contributed by atoms with Crippen molar-refractivity contribution in [1.29, 1.82) is 0 Å². The molecular formula is C30H30FN7O7. The number of hydrogen-bond acceptors (Lipinski definition) is 9. The number of aromatic nitrogens is 4. The van der Waals surface area contributed by atoms with Crippen LogP contribution in [0, 0.1) is 5.82 Å². The molecule has 0 saturated carbocycles. The molecule has 45 heavy (non-hydrogen) atoms. The second-order valence-electron chi connectivity index (χ2n) is 10.6. The second-order valence-corrected chi connectivity index (χ2v) is 10.6. The molecule has 5 atom stereocenters. The number of halogens is 1. The number of rotatable bonds is 9. The van der Waals surface area contributed by atoms with Crippen LogP contribution in [-0.2, 0) is 25.4 Å². The Morgan fingerprint density at radius 3 is 2.56 bits per heavy atom. The van der Waals surface area contributed by atoms with Gasteiger partial charge >= 0.3 is 12.0 Å². The molecule has 234 valence electrons. The third-order valence-electron chi connectivity index (χ3n) is 7.68. The largest absolute Gasteiger partial charge is 0.478 e. The van der Waals surface area contributed by atoms with Crippen LogP contribution in [0.3, 0.4) is 0 Å². The number of fused-ring (bicyclic) bond motifs is 2. The number of carbonyl (C=O) groups excluding carboxylic acids is 2. The molecule has 2 saturated heterocycles. The zero-order chi connectivity index (χ0) is 31.7. The van der Waals surface area contributed by atoms with Gasteiger partial charge in [0.25, 0.3) is 0 Å². The lowest BCUT2D eigenvalue weighted by atomic mass is 10.0. The molecular weight excluding hydrogens is 589 g/mol. The van der Waals surface area contributed by atoms with Crippen molar-refractivity contribution in [3.63, 3.8) is 0 Å². The third-order valence-corrected chi connectivity index (χ3v) is 7.68. The third kappa shape index (κ3) is 5.92. The lowest BCUT2D eigenvalue weighted by molar-refractivity contribution is -0.153. The molecule has 2 aliphatic heterocycles. The summed E-state index contributed by atoms with van der Waals surface area (Å²) in [6.45, 7) is 2.25. The Labute approximate surface area is 256 Å². The molecule has 4 aromatic rings. The van der Waals surface area contributed by atoms with E-state index in [1.54, 1.807) is 11.5 Å². The van der Waals surface area contributed by atoms with Gasteiger partial charge in [-0.05, 0) is 19.1 Å². The van der Waals surface area contributed by atoms with Crippen molar-refractivity contribution >= 4 is 34.9 Å². The standard InChI is InChI=1S/C30H30FN7O7/c1-3-32-30(42)36-25-22-26(34-14-33-25)38(15-35-22)27-24-23(44-29(45-24)16-8-5-4-6-9-16)20(43-27)13-37(2)21(39)12-18-17(28(40)41)10-7-11-19(18)31/h4-11,14-15,20,23-24,27,29H,3,12-13H2,1-2H3,(H,40,41)(H2,32,33,34,36,42)/t20?,23?,24?,27?,29-/m0/s1. The monoisotopic (exact) mass is 619 g/mol. The number of urea groups is 1. The van der Waals surface area contributed by atoms with E-state index in [0.29, 0.717) is 17.7 Å². The molecule has 3 amide bonds. The van der Waals surface area contributed by atoms with E-state index in [9.17, 15) is 23.9 Å². The van der Waals surface area contributed by atoms with E-state index in [0.717, 1.165) is 11.6 Å². The summed E-state index contributed by atoms with van der Waals surface area (Å²) in [5.41, 5.74) is 1.02. The Bertz CT molecular complexity index is 1740. The normalized spacial score (nSPS) is 22.2. The SMILES string of the molecule is CCNC(=O)Nc1ncnc2c1ncn2C1OC(CN(C)C(=O)Cc2c(F)cccc2C(=O)O)C2O[C@H](c3ccccc3)OC21. The molecule has 2 fully saturated rings. The quantitative estimate of drug-likeness (QED) is 0.253. The lowest BCUT2D eigenvalue weighted by Gasteiger charge is -2.25. The summed E-state index contributed by atoms with van der Waals surface area (Å²) in [4.78, 5) is 51.3. The van der Waals surface area contributed by atoms with Crippen LogP contribution in [0.4, 0.5) is 15.0 Å². The van der Waals surface area contributed by atoms with E-state index in [2.05, 4.69) is 25.6 Å². The number of ether oxygens (including phenoxy) is 3. The molecule has 2 aromatic heterocycles. The Balaban J connectivity index is 1.27. The predicted octanol–water partition coefficient (Wildman–Crippen LogP) is 2.89. The van der Waals surface area contributed by atoms with E-state index in [-0.39, 0.29) is 23.5 Å². The molecule has 3 N–H and O–H groups in total. The Kier molecular flexibility index (Phi) is 8.38. The van der Waals surface area contributed by atoms with Crippen molar-refractivity contribution in [3.05, 3.63) is 83.7 Å². The number of benzene rings is 2. The average molecular weight is 620 g/mol. The van der Waals surface area contributed by atoms with Gasteiger partial charge in [-0.15, -0.1) is 0 Å². The first-order valence-corrected chi connectivity index (χ1v) is 14.2. The number of amides is 3.